The molecule has 0 aromatic heterocycles. The van der Waals surface area contributed by atoms with Gasteiger partial charge in [-0.25, -0.2) is 0 Å². The average Bonchev–Trinajstić information content (AvgIpc) is 3.57. The molecule has 2 N–H and O–H groups in total. The Bertz CT molecular complexity index is 660. The molecule has 2 unspecified atom stereocenters. The van der Waals surface area contributed by atoms with Crippen molar-refractivity contribution in [2.24, 2.45) is 17.8 Å². The fourth-order valence-corrected chi connectivity index (χ4v) is 3.74. The number of nitrogens with one attached hydrogen (secondary N) is 2. The van der Waals surface area contributed by atoms with E-state index < -0.39 is 0 Å². The zero-order chi connectivity index (χ0) is 18.1. The summed E-state index contributed by atoms with van der Waals surface area (Å²) in [7, 11) is 0. The molecule has 5 nitrogen and oxygen atoms in total. The average molecular weight is 355 g/mol. The first-order chi connectivity index (χ1) is 12.6. The second kappa shape index (κ2) is 7.39. The van der Waals surface area contributed by atoms with E-state index in [1.807, 2.05) is 29.2 Å². The van der Waals surface area contributed by atoms with Gasteiger partial charge in [-0.05, 0) is 74.8 Å². The normalized spacial score (nSPS) is 25.8. The van der Waals surface area contributed by atoms with Crippen molar-refractivity contribution in [2.45, 2.75) is 45.1 Å². The lowest BCUT2D eigenvalue weighted by Gasteiger charge is -2.32. The van der Waals surface area contributed by atoms with Gasteiger partial charge in [0.1, 0.15) is 0 Å². The Balaban J connectivity index is 1.25. The van der Waals surface area contributed by atoms with Gasteiger partial charge in [0.2, 0.25) is 5.91 Å². The molecule has 2 amide bonds. The number of nitrogens with zero attached hydrogens (tertiary/aromatic N) is 1. The molecule has 5 heteroatoms. The number of amides is 2. The van der Waals surface area contributed by atoms with E-state index in [-0.39, 0.29) is 17.7 Å². The van der Waals surface area contributed by atoms with Crippen LogP contribution in [0.4, 0.5) is 5.69 Å². The molecule has 140 valence electrons. The molecule has 2 atom stereocenters. The van der Waals surface area contributed by atoms with E-state index >= 15 is 0 Å². The minimum atomic E-state index is 0.0948. The maximum Gasteiger partial charge on any atom is 0.253 e. The third kappa shape index (κ3) is 4.26. The SMILES string of the molecule is CC1CC1C(=O)Nc1ccc(C(=O)N2CCC(NCC3CC3)CC2)cc1. The molecule has 1 heterocycles. The molecular weight excluding hydrogens is 326 g/mol. The standard InChI is InChI=1S/C21H29N3O2/c1-14-12-19(14)20(25)23-18-6-4-16(5-7-18)21(26)24-10-8-17(9-11-24)22-13-15-2-3-15/h4-7,14-15,17,19,22H,2-3,8-13H2,1H3,(H,23,25). The van der Waals surface area contributed by atoms with E-state index in [2.05, 4.69) is 17.6 Å². The highest BCUT2D eigenvalue weighted by atomic mass is 16.2. The van der Waals surface area contributed by atoms with Crippen molar-refractivity contribution >= 4 is 17.5 Å². The van der Waals surface area contributed by atoms with Gasteiger partial charge in [0.05, 0.1) is 0 Å². The van der Waals surface area contributed by atoms with Crippen LogP contribution in [0.1, 0.15) is 49.4 Å². The molecule has 1 aliphatic heterocycles. The van der Waals surface area contributed by atoms with Crippen molar-refractivity contribution < 1.29 is 9.59 Å². The fraction of sp³-hybridized carbons (Fsp3) is 0.619. The molecule has 1 aromatic carbocycles. The molecule has 0 bridgehead atoms. The molecule has 0 radical (unpaired) electrons. The molecule has 1 aromatic rings. The van der Waals surface area contributed by atoms with Crippen molar-refractivity contribution in [1.29, 1.82) is 0 Å². The largest absolute Gasteiger partial charge is 0.339 e. The highest BCUT2D eigenvalue weighted by Crippen LogP contribution is 2.38. The third-order valence-corrected chi connectivity index (χ3v) is 6.02. The Kier molecular flexibility index (Phi) is 4.98. The summed E-state index contributed by atoms with van der Waals surface area (Å²) >= 11 is 0. The van der Waals surface area contributed by atoms with E-state index in [4.69, 9.17) is 0 Å². The van der Waals surface area contributed by atoms with Crippen molar-refractivity contribution in [3.05, 3.63) is 29.8 Å². The molecule has 1 saturated heterocycles. The Morgan fingerprint density at radius 1 is 1.08 bits per heavy atom. The molecule has 4 rings (SSSR count). The number of rotatable bonds is 6. The minimum Gasteiger partial charge on any atom is -0.339 e. The van der Waals surface area contributed by atoms with Crippen LogP contribution in [0, 0.1) is 17.8 Å². The molecule has 26 heavy (non-hydrogen) atoms. The van der Waals surface area contributed by atoms with Crippen LogP contribution in [0.5, 0.6) is 0 Å². The van der Waals surface area contributed by atoms with E-state index in [0.29, 0.717) is 17.5 Å². The highest BCUT2D eigenvalue weighted by Gasteiger charge is 2.39. The molecule has 2 saturated carbocycles. The minimum absolute atomic E-state index is 0.0948. The summed E-state index contributed by atoms with van der Waals surface area (Å²) in [5, 5.41) is 6.59. The molecule has 0 spiro atoms. The molecule has 3 aliphatic rings. The van der Waals surface area contributed by atoms with Crippen LogP contribution < -0.4 is 10.6 Å². The summed E-state index contributed by atoms with van der Waals surface area (Å²) in [6.07, 6.45) is 5.80. The van der Waals surface area contributed by atoms with Crippen molar-refractivity contribution in [3.63, 3.8) is 0 Å². The van der Waals surface area contributed by atoms with Gasteiger partial charge in [-0.2, -0.15) is 0 Å². The lowest BCUT2D eigenvalue weighted by Crippen LogP contribution is -2.45. The van der Waals surface area contributed by atoms with Crippen LogP contribution in [0.25, 0.3) is 0 Å². The Morgan fingerprint density at radius 3 is 2.31 bits per heavy atom. The summed E-state index contributed by atoms with van der Waals surface area (Å²) in [4.78, 5) is 26.6. The number of anilines is 1. The predicted octanol–water partition coefficient (Wildman–Crippen LogP) is 2.89. The maximum absolute atomic E-state index is 12.7. The number of carbonyl (C=O) groups is 2. The van der Waals surface area contributed by atoms with E-state index in [1.54, 1.807) is 0 Å². The zero-order valence-electron chi connectivity index (χ0n) is 15.5. The summed E-state index contributed by atoms with van der Waals surface area (Å²) in [5.74, 6) is 1.75. The summed E-state index contributed by atoms with van der Waals surface area (Å²) in [6, 6.07) is 7.88. The van der Waals surface area contributed by atoms with Crippen LogP contribution in [-0.2, 0) is 4.79 Å². The van der Waals surface area contributed by atoms with Crippen LogP contribution in [-0.4, -0.2) is 42.4 Å². The van der Waals surface area contributed by atoms with Crippen molar-refractivity contribution in [3.8, 4) is 0 Å². The highest BCUT2D eigenvalue weighted by molar-refractivity contribution is 5.97. The number of likely N-dealkylation sites (tertiary alicyclic amines) is 1. The molecule has 2 aliphatic carbocycles. The Hall–Kier alpha value is -1.88. The van der Waals surface area contributed by atoms with Gasteiger partial charge in [0.15, 0.2) is 0 Å². The smallest absolute Gasteiger partial charge is 0.253 e. The van der Waals surface area contributed by atoms with Gasteiger partial charge in [-0.3, -0.25) is 9.59 Å². The van der Waals surface area contributed by atoms with Crippen LogP contribution in [0.3, 0.4) is 0 Å². The third-order valence-electron chi connectivity index (χ3n) is 6.02. The van der Waals surface area contributed by atoms with Gasteiger partial charge < -0.3 is 15.5 Å². The number of hydrogen-bond acceptors (Lipinski definition) is 3. The zero-order valence-corrected chi connectivity index (χ0v) is 15.5. The first kappa shape index (κ1) is 17.5. The predicted molar refractivity (Wildman–Crippen MR) is 102 cm³/mol. The van der Waals surface area contributed by atoms with E-state index in [9.17, 15) is 9.59 Å². The van der Waals surface area contributed by atoms with Crippen molar-refractivity contribution in [1.82, 2.24) is 10.2 Å². The summed E-state index contributed by atoms with van der Waals surface area (Å²) in [5.41, 5.74) is 1.47. The van der Waals surface area contributed by atoms with E-state index in [0.717, 1.165) is 50.5 Å². The van der Waals surface area contributed by atoms with Crippen LogP contribution in [0.15, 0.2) is 24.3 Å². The molecular formula is C21H29N3O2. The fourth-order valence-electron chi connectivity index (χ4n) is 3.74. The van der Waals surface area contributed by atoms with E-state index in [1.165, 1.54) is 12.8 Å². The topological polar surface area (TPSA) is 61.4 Å². The lowest BCUT2D eigenvalue weighted by atomic mass is 10.0. The first-order valence-electron chi connectivity index (χ1n) is 10.0. The summed E-state index contributed by atoms with van der Waals surface area (Å²) in [6.45, 7) is 4.88. The van der Waals surface area contributed by atoms with Crippen LogP contribution >= 0.6 is 0 Å². The van der Waals surface area contributed by atoms with Gasteiger partial charge in [-0.1, -0.05) is 6.92 Å². The second-order valence-corrected chi connectivity index (χ2v) is 8.30. The number of hydrogen-bond donors (Lipinski definition) is 2. The van der Waals surface area contributed by atoms with Crippen molar-refractivity contribution in [2.75, 3.05) is 25.0 Å². The second-order valence-electron chi connectivity index (χ2n) is 8.30. The number of benzene rings is 1. The van der Waals surface area contributed by atoms with Crippen LogP contribution in [0.2, 0.25) is 0 Å². The number of piperidine rings is 1. The molecule has 3 fully saturated rings. The van der Waals surface area contributed by atoms with Gasteiger partial charge in [0, 0.05) is 36.3 Å². The Morgan fingerprint density at radius 2 is 1.73 bits per heavy atom. The quantitative estimate of drug-likeness (QED) is 0.825. The van der Waals surface area contributed by atoms with Gasteiger partial charge in [0.25, 0.3) is 5.91 Å². The monoisotopic (exact) mass is 355 g/mol. The summed E-state index contributed by atoms with van der Waals surface area (Å²) < 4.78 is 0. The van der Waals surface area contributed by atoms with Gasteiger partial charge in [-0.15, -0.1) is 0 Å². The van der Waals surface area contributed by atoms with Gasteiger partial charge >= 0.3 is 0 Å². The Labute approximate surface area is 155 Å². The number of carbonyl (C=O) groups excluding carboxylic acids is 2. The maximum atomic E-state index is 12.7. The lowest BCUT2D eigenvalue weighted by molar-refractivity contribution is -0.117. The first-order valence-corrected chi connectivity index (χ1v) is 10.0.